The lowest BCUT2D eigenvalue weighted by Gasteiger charge is -2.27. The van der Waals surface area contributed by atoms with Gasteiger partial charge in [-0.25, -0.2) is 4.39 Å². The number of ether oxygens (including phenoxy) is 1. The summed E-state index contributed by atoms with van der Waals surface area (Å²) in [6.45, 7) is 1.79. The Hall–Kier alpha value is -4.24. The quantitative estimate of drug-likeness (QED) is 0.291. The minimum atomic E-state index is -0.377. The standard InChI is InChI=1S/C28H25FN4O3S/c1-3-25(34)31-20-12-11-19(16-24(20)35-2)33-27(26(32-28(33)37)21-6-4-5-15-30-21)23-14-13-22(36-23)17-7-9-18(29)10-8-17/h4-16,26-27H,3H2,1-2H3,(H,31,34)(H,32,37)/t26-,27+/m1/s1. The molecule has 1 aliphatic rings. The molecule has 1 fully saturated rings. The number of methoxy groups -OCH3 is 1. The Kier molecular flexibility index (Phi) is 6.87. The van der Waals surface area contributed by atoms with E-state index in [4.69, 9.17) is 21.4 Å². The number of furan rings is 1. The first kappa shape index (κ1) is 24.5. The number of pyridine rings is 1. The molecule has 188 valence electrons. The average molecular weight is 517 g/mol. The maximum Gasteiger partial charge on any atom is 0.224 e. The van der Waals surface area contributed by atoms with Crippen LogP contribution in [0.5, 0.6) is 5.75 Å². The maximum absolute atomic E-state index is 13.5. The summed E-state index contributed by atoms with van der Waals surface area (Å²) in [5.74, 6) is 1.36. The molecule has 9 heteroatoms. The van der Waals surface area contributed by atoms with E-state index in [-0.39, 0.29) is 23.8 Å². The van der Waals surface area contributed by atoms with Crippen LogP contribution in [0.4, 0.5) is 15.8 Å². The van der Waals surface area contributed by atoms with Crippen LogP contribution in [0.1, 0.15) is 36.9 Å². The molecule has 1 saturated heterocycles. The number of hydrogen-bond donors (Lipinski definition) is 2. The Labute approximate surface area is 219 Å². The first-order chi connectivity index (χ1) is 18.0. The molecule has 0 radical (unpaired) electrons. The van der Waals surface area contributed by atoms with Crippen molar-refractivity contribution in [3.05, 3.63) is 96.3 Å². The van der Waals surface area contributed by atoms with Crippen LogP contribution in [0.15, 0.2) is 83.4 Å². The number of nitrogens with zero attached hydrogens (tertiary/aromatic N) is 2. The van der Waals surface area contributed by atoms with Gasteiger partial charge in [0.25, 0.3) is 0 Å². The van der Waals surface area contributed by atoms with Gasteiger partial charge in [-0.05, 0) is 72.9 Å². The minimum Gasteiger partial charge on any atom is -0.494 e. The molecule has 4 aromatic rings. The molecule has 0 bridgehead atoms. The maximum atomic E-state index is 13.5. The highest BCUT2D eigenvalue weighted by Gasteiger charge is 2.42. The molecule has 2 aromatic heterocycles. The Balaban J connectivity index is 1.57. The summed E-state index contributed by atoms with van der Waals surface area (Å²) in [6, 6.07) is 20.5. The fraction of sp³-hybridized carbons (Fsp3) is 0.179. The third-order valence-corrected chi connectivity index (χ3v) is 6.52. The molecular weight excluding hydrogens is 491 g/mol. The molecule has 0 spiro atoms. The van der Waals surface area contributed by atoms with Crippen LogP contribution in [0, 0.1) is 5.82 Å². The van der Waals surface area contributed by atoms with Crippen molar-refractivity contribution in [3.63, 3.8) is 0 Å². The average Bonchev–Trinajstić information content (AvgIpc) is 3.54. The predicted molar refractivity (Wildman–Crippen MR) is 144 cm³/mol. The third-order valence-electron chi connectivity index (χ3n) is 6.20. The van der Waals surface area contributed by atoms with Crippen molar-refractivity contribution in [2.24, 2.45) is 0 Å². The number of nitrogens with one attached hydrogen (secondary N) is 2. The van der Waals surface area contributed by atoms with E-state index >= 15 is 0 Å². The lowest BCUT2D eigenvalue weighted by atomic mass is 10.0. The first-order valence-corrected chi connectivity index (χ1v) is 12.2. The van der Waals surface area contributed by atoms with Crippen molar-refractivity contribution >= 4 is 34.6 Å². The van der Waals surface area contributed by atoms with E-state index in [0.29, 0.717) is 34.5 Å². The number of hydrogen-bond acceptors (Lipinski definition) is 5. The van der Waals surface area contributed by atoms with Gasteiger partial charge in [0.2, 0.25) is 5.91 Å². The van der Waals surface area contributed by atoms with Crippen LogP contribution in [0.3, 0.4) is 0 Å². The van der Waals surface area contributed by atoms with E-state index in [0.717, 1.165) is 16.9 Å². The van der Waals surface area contributed by atoms with Crippen LogP contribution in [0.2, 0.25) is 0 Å². The van der Waals surface area contributed by atoms with Gasteiger partial charge < -0.3 is 24.7 Å². The highest BCUT2D eigenvalue weighted by Crippen LogP contribution is 2.44. The number of rotatable bonds is 7. The molecule has 2 atom stereocenters. The van der Waals surface area contributed by atoms with Gasteiger partial charge in [0, 0.05) is 29.9 Å². The Morgan fingerprint density at radius 3 is 2.68 bits per heavy atom. The zero-order chi connectivity index (χ0) is 25.9. The number of carbonyl (C=O) groups excluding carboxylic acids is 1. The summed E-state index contributed by atoms with van der Waals surface area (Å²) in [5, 5.41) is 6.74. The lowest BCUT2D eigenvalue weighted by molar-refractivity contribution is -0.115. The van der Waals surface area contributed by atoms with Gasteiger partial charge in [0.15, 0.2) is 5.11 Å². The SMILES string of the molecule is CCC(=O)Nc1ccc(N2C(=S)N[C@H](c3ccccn3)[C@@H]2c2ccc(-c3ccc(F)cc3)o2)cc1OC. The van der Waals surface area contributed by atoms with Crippen LogP contribution >= 0.6 is 12.2 Å². The molecule has 3 heterocycles. The second-order valence-electron chi connectivity index (χ2n) is 8.49. The van der Waals surface area contributed by atoms with Crippen LogP contribution in [-0.4, -0.2) is 23.1 Å². The summed E-state index contributed by atoms with van der Waals surface area (Å²) in [5.41, 5.74) is 2.90. The van der Waals surface area contributed by atoms with E-state index in [1.165, 1.54) is 12.1 Å². The van der Waals surface area contributed by atoms with Gasteiger partial charge in [-0.15, -0.1) is 0 Å². The van der Waals surface area contributed by atoms with Gasteiger partial charge in [-0.1, -0.05) is 13.0 Å². The van der Waals surface area contributed by atoms with Crippen molar-refractivity contribution < 1.29 is 18.3 Å². The number of aromatic nitrogens is 1. The molecule has 5 rings (SSSR count). The van der Waals surface area contributed by atoms with E-state index in [9.17, 15) is 9.18 Å². The van der Waals surface area contributed by atoms with E-state index < -0.39 is 0 Å². The fourth-order valence-corrected chi connectivity index (χ4v) is 4.72. The fourth-order valence-electron chi connectivity index (χ4n) is 4.37. The van der Waals surface area contributed by atoms with Gasteiger partial charge in [-0.2, -0.15) is 0 Å². The first-order valence-electron chi connectivity index (χ1n) is 11.8. The Bertz CT molecular complexity index is 1430. The number of anilines is 2. The van der Waals surface area contributed by atoms with Crippen molar-refractivity contribution in [2.45, 2.75) is 25.4 Å². The van der Waals surface area contributed by atoms with Crippen molar-refractivity contribution in [1.29, 1.82) is 0 Å². The molecule has 2 aromatic carbocycles. The Morgan fingerprint density at radius 1 is 1.16 bits per heavy atom. The van der Waals surface area contributed by atoms with Crippen LogP contribution in [0.25, 0.3) is 11.3 Å². The highest BCUT2D eigenvalue weighted by atomic mass is 32.1. The smallest absolute Gasteiger partial charge is 0.224 e. The molecule has 2 N–H and O–H groups in total. The van der Waals surface area contributed by atoms with E-state index in [1.807, 2.05) is 47.4 Å². The van der Waals surface area contributed by atoms with Gasteiger partial charge in [0.05, 0.1) is 24.5 Å². The normalized spacial score (nSPS) is 16.9. The predicted octanol–water partition coefficient (Wildman–Crippen LogP) is 6.01. The summed E-state index contributed by atoms with van der Waals surface area (Å²) in [7, 11) is 1.55. The number of benzene rings is 2. The topological polar surface area (TPSA) is 79.6 Å². The summed E-state index contributed by atoms with van der Waals surface area (Å²) in [6.07, 6.45) is 2.09. The summed E-state index contributed by atoms with van der Waals surface area (Å²) in [4.78, 5) is 18.5. The molecule has 37 heavy (non-hydrogen) atoms. The number of carbonyl (C=O) groups is 1. The van der Waals surface area contributed by atoms with Crippen LogP contribution in [-0.2, 0) is 4.79 Å². The van der Waals surface area contributed by atoms with Crippen molar-refractivity contribution in [3.8, 4) is 17.1 Å². The number of halogens is 1. The van der Waals surface area contributed by atoms with Gasteiger partial charge in [0.1, 0.15) is 29.1 Å². The molecule has 7 nitrogen and oxygen atoms in total. The van der Waals surface area contributed by atoms with Gasteiger partial charge in [-0.3, -0.25) is 9.78 Å². The highest BCUT2D eigenvalue weighted by molar-refractivity contribution is 7.80. The molecule has 0 saturated carbocycles. The molecule has 1 aliphatic heterocycles. The number of thiocarbonyl (C=S) groups is 1. The van der Waals surface area contributed by atoms with Crippen LogP contribution < -0.4 is 20.3 Å². The van der Waals surface area contributed by atoms with Gasteiger partial charge >= 0.3 is 0 Å². The van der Waals surface area contributed by atoms with E-state index in [1.54, 1.807) is 38.4 Å². The molecule has 0 aliphatic carbocycles. The summed E-state index contributed by atoms with van der Waals surface area (Å²) >= 11 is 5.79. The van der Waals surface area contributed by atoms with Crippen molar-refractivity contribution in [2.75, 3.05) is 17.3 Å². The van der Waals surface area contributed by atoms with E-state index in [2.05, 4.69) is 15.6 Å². The molecule has 1 amide bonds. The Morgan fingerprint density at radius 2 is 1.97 bits per heavy atom. The monoisotopic (exact) mass is 516 g/mol. The number of amides is 1. The summed E-state index contributed by atoms with van der Waals surface area (Å²) < 4.78 is 25.3. The van der Waals surface area contributed by atoms with Crippen molar-refractivity contribution in [1.82, 2.24) is 10.3 Å². The lowest BCUT2D eigenvalue weighted by Crippen LogP contribution is -2.29. The second kappa shape index (κ2) is 10.4. The third kappa shape index (κ3) is 4.90. The zero-order valence-electron chi connectivity index (χ0n) is 20.3. The molecule has 0 unspecified atom stereocenters. The zero-order valence-corrected chi connectivity index (χ0v) is 21.1. The molecular formula is C28H25FN4O3S. The largest absolute Gasteiger partial charge is 0.494 e. The minimum absolute atomic E-state index is 0.110. The second-order valence-corrected chi connectivity index (χ2v) is 8.88.